The molecule has 0 aromatic heterocycles. The number of halogens is 1. The summed E-state index contributed by atoms with van der Waals surface area (Å²) in [6.45, 7) is -0.224. The van der Waals surface area contributed by atoms with E-state index < -0.39 is 5.97 Å². The molecular formula is C18H22ClNO3. The van der Waals surface area contributed by atoms with Gasteiger partial charge in [0.2, 0.25) is 0 Å². The number of carbonyl (C=O) groups excluding carboxylic acids is 2. The molecule has 0 radical (unpaired) electrons. The van der Waals surface area contributed by atoms with Crippen LogP contribution in [0.2, 0.25) is 5.02 Å². The number of nitrogens with zero attached hydrogens (tertiary/aromatic N) is 1. The van der Waals surface area contributed by atoms with Gasteiger partial charge in [-0.3, -0.25) is 4.79 Å². The molecule has 0 unspecified atom stereocenters. The Hall–Kier alpha value is -1.81. The monoisotopic (exact) mass is 335 g/mol. The molecule has 1 aliphatic carbocycles. The minimum atomic E-state index is -0.546. The van der Waals surface area contributed by atoms with Crippen LogP contribution in [-0.4, -0.2) is 36.5 Å². The molecule has 1 aliphatic rings. The van der Waals surface area contributed by atoms with Gasteiger partial charge in [-0.2, -0.15) is 0 Å². The molecular weight excluding hydrogens is 314 g/mol. The standard InChI is InChI=1S/C18H22ClNO3/c1-20(15-8-3-2-4-9-15)17(21)13-23-18(22)12-11-14-7-5-6-10-16(14)19/h5-7,10-12,15H,2-4,8-9,13H2,1H3. The minimum Gasteiger partial charge on any atom is -0.452 e. The highest BCUT2D eigenvalue weighted by Crippen LogP contribution is 2.21. The Bertz CT molecular complexity index is 579. The van der Waals surface area contributed by atoms with E-state index in [1.807, 2.05) is 12.1 Å². The first-order valence-corrected chi connectivity index (χ1v) is 8.31. The lowest BCUT2D eigenvalue weighted by Crippen LogP contribution is -2.40. The molecule has 0 bridgehead atoms. The van der Waals surface area contributed by atoms with Crippen LogP contribution in [-0.2, 0) is 14.3 Å². The van der Waals surface area contributed by atoms with Crippen molar-refractivity contribution in [3.05, 3.63) is 40.9 Å². The smallest absolute Gasteiger partial charge is 0.331 e. The zero-order valence-electron chi connectivity index (χ0n) is 13.3. The molecule has 1 saturated carbocycles. The van der Waals surface area contributed by atoms with Crippen molar-refractivity contribution in [3.63, 3.8) is 0 Å². The average molecular weight is 336 g/mol. The average Bonchev–Trinajstić information content (AvgIpc) is 2.59. The highest BCUT2D eigenvalue weighted by Gasteiger charge is 2.22. The van der Waals surface area contributed by atoms with E-state index in [9.17, 15) is 9.59 Å². The van der Waals surface area contributed by atoms with Gasteiger partial charge in [0.15, 0.2) is 6.61 Å². The lowest BCUT2D eigenvalue weighted by Gasteiger charge is -2.31. The van der Waals surface area contributed by atoms with Crippen LogP contribution in [0.5, 0.6) is 0 Å². The van der Waals surface area contributed by atoms with E-state index in [4.69, 9.17) is 16.3 Å². The summed E-state index contributed by atoms with van der Waals surface area (Å²) in [6, 6.07) is 7.47. The van der Waals surface area contributed by atoms with Gasteiger partial charge in [-0.05, 0) is 30.5 Å². The molecule has 124 valence electrons. The Kier molecular flexibility index (Phi) is 6.66. The maximum atomic E-state index is 12.1. The zero-order chi connectivity index (χ0) is 16.7. The number of carbonyl (C=O) groups is 2. The molecule has 0 N–H and O–H groups in total. The van der Waals surface area contributed by atoms with E-state index in [0.717, 1.165) is 31.2 Å². The second-order valence-corrected chi connectivity index (χ2v) is 6.17. The van der Waals surface area contributed by atoms with Crippen molar-refractivity contribution in [2.75, 3.05) is 13.7 Å². The van der Waals surface area contributed by atoms with Gasteiger partial charge in [0.05, 0.1) is 0 Å². The summed E-state index contributed by atoms with van der Waals surface area (Å²) < 4.78 is 5.02. The Morgan fingerprint density at radius 2 is 1.96 bits per heavy atom. The van der Waals surface area contributed by atoms with Crippen molar-refractivity contribution >= 4 is 29.6 Å². The highest BCUT2D eigenvalue weighted by atomic mass is 35.5. The van der Waals surface area contributed by atoms with Gasteiger partial charge in [0.25, 0.3) is 5.91 Å². The number of esters is 1. The molecule has 0 saturated heterocycles. The van der Waals surface area contributed by atoms with Crippen LogP contribution in [0.3, 0.4) is 0 Å². The number of benzene rings is 1. The zero-order valence-corrected chi connectivity index (χ0v) is 14.1. The van der Waals surface area contributed by atoms with Crippen LogP contribution >= 0.6 is 11.6 Å². The fraction of sp³-hybridized carbons (Fsp3) is 0.444. The first-order chi connectivity index (χ1) is 11.1. The molecule has 1 fully saturated rings. The molecule has 0 aliphatic heterocycles. The van der Waals surface area contributed by atoms with Gasteiger partial charge in [-0.1, -0.05) is 49.1 Å². The number of ether oxygens (including phenoxy) is 1. The Morgan fingerprint density at radius 1 is 1.26 bits per heavy atom. The van der Waals surface area contributed by atoms with Crippen LogP contribution in [0.4, 0.5) is 0 Å². The van der Waals surface area contributed by atoms with E-state index in [0.29, 0.717) is 5.02 Å². The summed E-state index contributed by atoms with van der Waals surface area (Å²) in [7, 11) is 1.78. The van der Waals surface area contributed by atoms with Crippen LogP contribution in [0, 0.1) is 0 Å². The molecule has 0 spiro atoms. The molecule has 23 heavy (non-hydrogen) atoms. The molecule has 2 rings (SSSR count). The molecule has 1 aromatic rings. The second-order valence-electron chi connectivity index (χ2n) is 5.76. The maximum absolute atomic E-state index is 12.1. The van der Waals surface area contributed by atoms with Gasteiger partial charge in [-0.15, -0.1) is 0 Å². The first kappa shape index (κ1) is 17.5. The molecule has 5 heteroatoms. The summed E-state index contributed by atoms with van der Waals surface area (Å²) in [5, 5.41) is 0.560. The van der Waals surface area contributed by atoms with Gasteiger partial charge < -0.3 is 9.64 Å². The number of hydrogen-bond acceptors (Lipinski definition) is 3. The van der Waals surface area contributed by atoms with Crippen molar-refractivity contribution in [1.29, 1.82) is 0 Å². The third kappa shape index (κ3) is 5.39. The fourth-order valence-corrected chi connectivity index (χ4v) is 2.92. The normalized spacial score (nSPS) is 15.6. The van der Waals surface area contributed by atoms with E-state index >= 15 is 0 Å². The van der Waals surface area contributed by atoms with Crippen molar-refractivity contribution in [1.82, 2.24) is 4.90 Å². The van der Waals surface area contributed by atoms with Crippen molar-refractivity contribution in [2.24, 2.45) is 0 Å². The van der Waals surface area contributed by atoms with Crippen LogP contribution < -0.4 is 0 Å². The SMILES string of the molecule is CN(C(=O)COC(=O)C=Cc1ccccc1Cl)C1CCCCC1. The third-order valence-corrected chi connectivity index (χ3v) is 4.50. The number of likely N-dealkylation sites (N-methyl/N-ethyl adjacent to an activating group) is 1. The largest absolute Gasteiger partial charge is 0.452 e. The molecule has 0 atom stereocenters. The van der Waals surface area contributed by atoms with Gasteiger partial charge in [-0.25, -0.2) is 4.79 Å². The summed E-state index contributed by atoms with van der Waals surface area (Å²) in [5.74, 6) is -0.702. The number of rotatable bonds is 5. The summed E-state index contributed by atoms with van der Waals surface area (Å²) in [6.07, 6.45) is 8.48. The Morgan fingerprint density at radius 3 is 2.65 bits per heavy atom. The van der Waals surface area contributed by atoms with E-state index in [1.54, 1.807) is 30.2 Å². The maximum Gasteiger partial charge on any atom is 0.331 e. The second kappa shape index (κ2) is 8.73. The molecule has 1 amide bonds. The molecule has 1 aromatic carbocycles. The third-order valence-electron chi connectivity index (χ3n) is 4.16. The van der Waals surface area contributed by atoms with E-state index in [2.05, 4.69) is 0 Å². The lowest BCUT2D eigenvalue weighted by atomic mass is 9.94. The molecule has 4 nitrogen and oxygen atoms in total. The predicted molar refractivity (Wildman–Crippen MR) is 91.1 cm³/mol. The predicted octanol–water partition coefficient (Wildman–Crippen LogP) is 3.69. The lowest BCUT2D eigenvalue weighted by molar-refractivity contribution is -0.148. The van der Waals surface area contributed by atoms with Gasteiger partial charge in [0, 0.05) is 24.2 Å². The topological polar surface area (TPSA) is 46.6 Å². The Balaban J connectivity index is 1.79. The minimum absolute atomic E-state index is 0.156. The van der Waals surface area contributed by atoms with Crippen molar-refractivity contribution in [3.8, 4) is 0 Å². The van der Waals surface area contributed by atoms with E-state index in [-0.39, 0.29) is 18.6 Å². The number of amides is 1. The van der Waals surface area contributed by atoms with Crippen LogP contribution in [0.25, 0.3) is 6.08 Å². The van der Waals surface area contributed by atoms with E-state index in [1.165, 1.54) is 12.5 Å². The highest BCUT2D eigenvalue weighted by molar-refractivity contribution is 6.32. The van der Waals surface area contributed by atoms with Crippen molar-refractivity contribution < 1.29 is 14.3 Å². The quantitative estimate of drug-likeness (QED) is 0.609. The summed E-state index contributed by atoms with van der Waals surface area (Å²) >= 11 is 6.00. The summed E-state index contributed by atoms with van der Waals surface area (Å²) in [5.41, 5.74) is 0.733. The van der Waals surface area contributed by atoms with Gasteiger partial charge in [0.1, 0.15) is 0 Å². The number of hydrogen-bond donors (Lipinski definition) is 0. The van der Waals surface area contributed by atoms with Gasteiger partial charge >= 0.3 is 5.97 Å². The fourth-order valence-electron chi connectivity index (χ4n) is 2.72. The van der Waals surface area contributed by atoms with Crippen molar-refractivity contribution in [2.45, 2.75) is 38.1 Å². The Labute approximate surface area is 142 Å². The summed E-state index contributed by atoms with van der Waals surface area (Å²) in [4.78, 5) is 25.5. The molecule has 0 heterocycles. The first-order valence-electron chi connectivity index (χ1n) is 7.93. The van der Waals surface area contributed by atoms with Crippen LogP contribution in [0.1, 0.15) is 37.7 Å². The van der Waals surface area contributed by atoms with Crippen LogP contribution in [0.15, 0.2) is 30.3 Å².